The van der Waals surface area contributed by atoms with Crippen molar-refractivity contribution in [2.45, 2.75) is 229 Å². The second-order valence-electron chi connectivity index (χ2n) is 39.4. The molecule has 0 amide bonds. The first-order valence-corrected chi connectivity index (χ1v) is 50.5. The van der Waals surface area contributed by atoms with Crippen LogP contribution in [0.5, 0.6) is 0 Å². The van der Waals surface area contributed by atoms with Crippen LogP contribution < -0.4 is 4.90 Å². The van der Waals surface area contributed by atoms with Gasteiger partial charge in [-0.3, -0.25) is 0 Å². The van der Waals surface area contributed by atoms with Gasteiger partial charge in [-0.25, -0.2) is 0 Å². The second kappa shape index (κ2) is 35.5. The van der Waals surface area contributed by atoms with Crippen molar-refractivity contribution in [2.75, 3.05) is 4.90 Å². The number of benzene rings is 15. The van der Waals surface area contributed by atoms with Gasteiger partial charge < -0.3 is 9.47 Å². The van der Waals surface area contributed by atoms with Crippen molar-refractivity contribution >= 4 is 38.9 Å². The Morgan fingerprint density at radius 2 is 0.485 bits per heavy atom. The normalized spacial score (nSPS) is 14.2. The highest BCUT2D eigenvalue weighted by Crippen LogP contribution is 2.67. The van der Waals surface area contributed by atoms with Crippen molar-refractivity contribution in [3.8, 4) is 107 Å². The minimum absolute atomic E-state index is 0.277. The van der Waals surface area contributed by atoms with Crippen LogP contribution in [-0.4, -0.2) is 4.57 Å². The van der Waals surface area contributed by atoms with Crippen LogP contribution in [0.25, 0.3) is 117 Å². The smallest absolute Gasteiger partial charge is 0.0991 e. The van der Waals surface area contributed by atoms with E-state index in [0.29, 0.717) is 11.1 Å². The molecule has 0 fully saturated rings. The van der Waals surface area contributed by atoms with Crippen molar-refractivity contribution in [3.05, 3.63) is 393 Å². The lowest BCUT2D eigenvalue weighted by Gasteiger charge is -2.35. The molecule has 0 atom stereocenters. The summed E-state index contributed by atoms with van der Waals surface area (Å²) in [4.78, 5) is 2.69. The highest BCUT2D eigenvalue weighted by atomic mass is 15.1. The summed E-state index contributed by atoms with van der Waals surface area (Å²) in [7, 11) is 0. The van der Waals surface area contributed by atoms with Gasteiger partial charge in [-0.05, 0) is 291 Å². The van der Waals surface area contributed by atoms with Crippen LogP contribution >= 0.6 is 0 Å². The van der Waals surface area contributed by atoms with Gasteiger partial charge in [0.1, 0.15) is 0 Å². The van der Waals surface area contributed by atoms with Gasteiger partial charge in [0, 0.05) is 44.4 Å². The largest absolute Gasteiger partial charge is 0.310 e. The number of hydrogen-bond donors (Lipinski definition) is 0. The van der Waals surface area contributed by atoms with Crippen LogP contribution in [0, 0.1) is 22.7 Å². The fraction of sp³-hybridized carbons (Fsp3) is 0.281. The number of nitriles is 2. The molecule has 6 aliphatic carbocycles. The van der Waals surface area contributed by atoms with E-state index in [2.05, 4.69) is 353 Å². The van der Waals surface area contributed by atoms with Crippen molar-refractivity contribution in [1.29, 1.82) is 10.5 Å². The van der Waals surface area contributed by atoms with Gasteiger partial charge in [0.2, 0.25) is 0 Å². The van der Waals surface area contributed by atoms with Gasteiger partial charge >= 0.3 is 0 Å². The predicted molar refractivity (Wildman–Crippen MR) is 553 cm³/mol. The Kier molecular flexibility index (Phi) is 22.7. The molecule has 15 aromatic carbocycles. The lowest BCUT2D eigenvalue weighted by molar-refractivity contribution is 0.398. The molecule has 0 saturated heterocycles. The molecule has 22 rings (SSSR count). The fourth-order valence-corrected chi connectivity index (χ4v) is 25.9. The highest BCUT2D eigenvalue weighted by molar-refractivity contribution is 6.09. The summed E-state index contributed by atoms with van der Waals surface area (Å²) in [6.07, 6.45) is 34.0. The van der Waals surface area contributed by atoms with E-state index in [1.165, 1.54) is 317 Å². The molecule has 4 nitrogen and oxygen atoms in total. The maximum absolute atomic E-state index is 10.7. The maximum Gasteiger partial charge on any atom is 0.0991 e. The van der Waals surface area contributed by atoms with Gasteiger partial charge in [0.15, 0.2) is 0 Å². The van der Waals surface area contributed by atoms with Crippen molar-refractivity contribution in [3.63, 3.8) is 0 Å². The number of unbranched alkanes of at least 4 members (excludes halogenated alkanes) is 20. The maximum atomic E-state index is 10.7. The lowest BCUT2D eigenvalue weighted by Crippen LogP contribution is -2.26. The van der Waals surface area contributed by atoms with Gasteiger partial charge in [0.05, 0.1) is 45.1 Å². The topological polar surface area (TPSA) is 55.8 Å². The highest BCUT2D eigenvalue weighted by Gasteiger charge is 2.55. The monoisotopic (exact) mass is 1710 g/mol. The standard InChI is InChI=1S/C128H120N4/c1-5-9-13-17-21-37-73-125(74-38-22-18-14-10-6-2)115-79-89(91-57-69-107-105-65-53-87(85-129)77-119(105)127(121(107)81-91)111-47-31-25-41-97(111)98-42-26-32-48-112(98)127)55-67-101(115)103-71-63-95(83-117(103)125)131(93-59-61-94(62-60-93)132-123-51-35-29-45-109(123)110-46-30-36-52-124(110)132)96-64-72-104-102-68-56-90(80-116(102)126(118(104)84-96,75-39-23-19-15-11-7-3)76-40-24-20-16-12-8-4)92-58-70-108-106-66-54-88(86-130)78-120(106)128(122(108)82-92)113-49-33-27-43-99(113)100-44-28-34-50-114(100)128/h25-36,41-72,77-84H,5-24,37-40,73-76H2,1-4H3. The summed E-state index contributed by atoms with van der Waals surface area (Å²) in [5.41, 5.74) is 43.3. The molecule has 0 N–H and O–H groups in total. The number of hydrogen-bond acceptors (Lipinski definition) is 3. The Morgan fingerprint density at radius 1 is 0.227 bits per heavy atom. The lowest BCUT2D eigenvalue weighted by atomic mass is 9.69. The third-order valence-corrected chi connectivity index (χ3v) is 32.1. The number of fused-ring (bicyclic) bond motifs is 29. The first-order chi connectivity index (χ1) is 65.2. The molecule has 0 radical (unpaired) electrons. The molecule has 0 bridgehead atoms. The van der Waals surface area contributed by atoms with E-state index in [1.807, 2.05) is 12.1 Å². The van der Waals surface area contributed by atoms with Crippen molar-refractivity contribution in [1.82, 2.24) is 4.57 Å². The molecule has 0 unspecified atom stereocenters. The van der Waals surface area contributed by atoms with Gasteiger partial charge in [-0.1, -0.05) is 388 Å². The summed E-state index contributed by atoms with van der Waals surface area (Å²) < 4.78 is 2.48. The van der Waals surface area contributed by atoms with Crippen LogP contribution in [0.3, 0.4) is 0 Å². The molecule has 1 heterocycles. The Hall–Kier alpha value is -13.1. The molecule has 652 valence electrons. The summed E-state index contributed by atoms with van der Waals surface area (Å²) in [6, 6.07) is 128. The molecule has 0 aliphatic heterocycles. The zero-order valence-corrected chi connectivity index (χ0v) is 77.6. The van der Waals surface area contributed by atoms with E-state index >= 15 is 0 Å². The molecule has 2 spiro atoms. The van der Waals surface area contributed by atoms with Crippen molar-refractivity contribution < 1.29 is 0 Å². The Morgan fingerprint density at radius 3 is 0.826 bits per heavy atom. The molecular formula is C128H120N4. The minimum Gasteiger partial charge on any atom is -0.310 e. The number of aromatic nitrogens is 1. The quantitative estimate of drug-likeness (QED) is 0.0378. The van der Waals surface area contributed by atoms with E-state index in [4.69, 9.17) is 0 Å². The molecular weight excluding hydrogens is 1590 g/mol. The summed E-state index contributed by atoms with van der Waals surface area (Å²) >= 11 is 0. The Labute approximate surface area is 782 Å². The summed E-state index contributed by atoms with van der Waals surface area (Å²) in [5, 5.41) is 23.9. The van der Waals surface area contributed by atoms with Gasteiger partial charge in [-0.15, -0.1) is 0 Å². The zero-order chi connectivity index (χ0) is 89.1. The summed E-state index contributed by atoms with van der Waals surface area (Å²) in [6.45, 7) is 9.40. The van der Waals surface area contributed by atoms with Gasteiger partial charge in [0.25, 0.3) is 0 Å². The SMILES string of the molecule is CCCCCCCCC1(CCCCCCCC)c2cc(-c3ccc4c(c3)C3(c5ccccc5-c5ccccc53)c3cc(C#N)ccc3-4)ccc2-c2ccc(N(c3ccc(-n4c5ccccc5c5ccccc54)cc3)c3ccc4c(c3)C(CCCCCCCC)(CCCCCCCC)c3cc(-c5ccc6c(c5)C5(c7ccccc7-c7ccccc75)c5cc(C#N)ccc5-6)ccc3-4)cc21. The third-order valence-electron chi connectivity index (χ3n) is 32.1. The van der Waals surface area contributed by atoms with Gasteiger partial charge in [-0.2, -0.15) is 10.5 Å². The van der Waals surface area contributed by atoms with E-state index in [0.717, 1.165) is 62.7 Å². The molecule has 132 heavy (non-hydrogen) atoms. The average Bonchev–Trinajstić information content (AvgIpc) is 1.51. The minimum atomic E-state index is -0.595. The summed E-state index contributed by atoms with van der Waals surface area (Å²) in [5.74, 6) is 0. The van der Waals surface area contributed by atoms with E-state index in [9.17, 15) is 10.5 Å². The molecule has 4 heteroatoms. The first kappa shape index (κ1) is 84.4. The fourth-order valence-electron chi connectivity index (χ4n) is 25.9. The van der Waals surface area contributed by atoms with Crippen LogP contribution in [0.4, 0.5) is 17.1 Å². The first-order valence-electron chi connectivity index (χ1n) is 50.5. The zero-order valence-electron chi connectivity index (χ0n) is 77.6. The number of anilines is 3. The van der Waals surface area contributed by atoms with Crippen LogP contribution in [0.15, 0.2) is 315 Å². The second-order valence-corrected chi connectivity index (χ2v) is 39.4. The van der Waals surface area contributed by atoms with E-state index in [-0.39, 0.29) is 10.8 Å². The average molecular weight is 1710 g/mol. The Balaban J connectivity index is 0.721. The number of rotatable bonds is 34. The number of para-hydroxylation sites is 2. The molecule has 1 aromatic heterocycles. The molecule has 6 aliphatic rings. The van der Waals surface area contributed by atoms with Crippen molar-refractivity contribution in [2.24, 2.45) is 0 Å². The van der Waals surface area contributed by atoms with E-state index < -0.39 is 10.8 Å². The Bertz CT molecular complexity index is 6700. The molecule has 16 aromatic rings. The molecule has 0 saturated carbocycles. The van der Waals surface area contributed by atoms with E-state index in [1.54, 1.807) is 0 Å². The van der Waals surface area contributed by atoms with Crippen LogP contribution in [-0.2, 0) is 21.7 Å². The predicted octanol–water partition coefficient (Wildman–Crippen LogP) is 35.6. The van der Waals surface area contributed by atoms with Crippen LogP contribution in [0.1, 0.15) is 285 Å². The number of nitrogens with zero attached hydrogens (tertiary/aromatic N) is 4. The third kappa shape index (κ3) is 13.7. The van der Waals surface area contributed by atoms with Crippen LogP contribution in [0.2, 0.25) is 0 Å².